The van der Waals surface area contributed by atoms with Crippen molar-refractivity contribution in [2.24, 2.45) is 0 Å². The molecule has 4 aromatic rings. The molecular weight excluding hydrogens is 414 g/mol. The highest BCUT2D eigenvalue weighted by atomic mass is 32.1. The van der Waals surface area contributed by atoms with E-state index in [9.17, 15) is 9.59 Å². The van der Waals surface area contributed by atoms with Crippen molar-refractivity contribution in [3.05, 3.63) is 57.5 Å². The fourth-order valence-corrected chi connectivity index (χ4v) is 4.45. The number of thiophene rings is 1. The summed E-state index contributed by atoms with van der Waals surface area (Å²) in [6.07, 6.45) is 1.52. The maximum Gasteiger partial charge on any atom is 0.272 e. The van der Waals surface area contributed by atoms with Crippen LogP contribution in [-0.2, 0) is 24.3 Å². The highest BCUT2D eigenvalue weighted by Crippen LogP contribution is 2.21. The Kier molecular flexibility index (Phi) is 6.31. The maximum absolute atomic E-state index is 12.8. The smallest absolute Gasteiger partial charge is 0.272 e. The first-order valence-electron chi connectivity index (χ1n) is 10.5. The molecule has 0 atom stereocenters. The predicted molar refractivity (Wildman–Crippen MR) is 121 cm³/mol. The normalized spacial score (nSPS) is 11.3. The molecule has 0 aliphatic carbocycles. The van der Waals surface area contributed by atoms with Gasteiger partial charge in [-0.2, -0.15) is 0 Å². The van der Waals surface area contributed by atoms with Crippen LogP contribution in [0.4, 0.5) is 0 Å². The number of carbonyl (C=O) groups is 1. The van der Waals surface area contributed by atoms with Crippen molar-refractivity contribution in [1.82, 2.24) is 24.5 Å². The molecule has 0 radical (unpaired) electrons. The molecule has 0 unspecified atom stereocenters. The van der Waals surface area contributed by atoms with Gasteiger partial charge < -0.3 is 10.1 Å². The maximum atomic E-state index is 12.8. The second-order valence-corrected chi connectivity index (χ2v) is 8.08. The number of nitrogens with one attached hydrogen (secondary N) is 1. The lowest BCUT2D eigenvalue weighted by Crippen LogP contribution is -2.24. The average molecular weight is 440 g/mol. The van der Waals surface area contributed by atoms with E-state index in [2.05, 4.69) is 15.5 Å². The summed E-state index contributed by atoms with van der Waals surface area (Å²) < 4.78 is 9.86. The van der Waals surface area contributed by atoms with Gasteiger partial charge in [0.1, 0.15) is 16.3 Å². The molecule has 162 valence electrons. The van der Waals surface area contributed by atoms with Crippen LogP contribution in [0.3, 0.4) is 0 Å². The summed E-state index contributed by atoms with van der Waals surface area (Å²) in [6.45, 7) is 5.51. The van der Waals surface area contributed by atoms with Crippen molar-refractivity contribution in [3.63, 3.8) is 0 Å². The largest absolute Gasteiger partial charge is 0.494 e. The zero-order valence-electron chi connectivity index (χ0n) is 17.6. The molecule has 0 spiro atoms. The highest BCUT2D eigenvalue weighted by Gasteiger charge is 2.17. The number of ether oxygens (including phenoxy) is 1. The Labute approximate surface area is 183 Å². The average Bonchev–Trinajstić information content (AvgIpc) is 3.42. The van der Waals surface area contributed by atoms with Gasteiger partial charge in [0.25, 0.3) is 5.56 Å². The van der Waals surface area contributed by atoms with Crippen LogP contribution < -0.4 is 15.6 Å². The van der Waals surface area contributed by atoms with Gasteiger partial charge in [0.15, 0.2) is 0 Å². The predicted octanol–water partition coefficient (Wildman–Crippen LogP) is 3.16. The van der Waals surface area contributed by atoms with E-state index >= 15 is 0 Å². The lowest BCUT2D eigenvalue weighted by atomic mass is 10.2. The third kappa shape index (κ3) is 4.18. The second kappa shape index (κ2) is 9.30. The molecule has 8 nitrogen and oxygen atoms in total. The summed E-state index contributed by atoms with van der Waals surface area (Å²) in [7, 11) is 0. The van der Waals surface area contributed by atoms with Crippen LogP contribution in [0.15, 0.2) is 40.5 Å². The van der Waals surface area contributed by atoms with Crippen molar-refractivity contribution in [3.8, 4) is 5.75 Å². The molecular formula is C22H25N5O3S. The molecule has 9 heteroatoms. The molecule has 0 saturated carbocycles. The SMILES string of the molecule is CCCn1c(=O)c2sccc2n2c(CCC(=O)NCc3ccccc3OCC)nnc12. The van der Waals surface area contributed by atoms with E-state index in [0.717, 1.165) is 23.3 Å². The number of fused-ring (bicyclic) bond motifs is 3. The number of carbonyl (C=O) groups excluding carboxylic acids is 1. The Bertz CT molecular complexity index is 1270. The first-order valence-corrected chi connectivity index (χ1v) is 11.3. The molecule has 31 heavy (non-hydrogen) atoms. The van der Waals surface area contributed by atoms with Crippen LogP contribution in [0.5, 0.6) is 5.75 Å². The minimum atomic E-state index is -0.0773. The first-order chi connectivity index (χ1) is 15.1. The lowest BCUT2D eigenvalue weighted by Gasteiger charge is -2.11. The van der Waals surface area contributed by atoms with Gasteiger partial charge in [-0.25, -0.2) is 0 Å². The van der Waals surface area contributed by atoms with E-state index in [1.54, 1.807) is 4.57 Å². The van der Waals surface area contributed by atoms with E-state index in [4.69, 9.17) is 4.74 Å². The Hall–Kier alpha value is -3.20. The Morgan fingerprint density at radius 3 is 2.84 bits per heavy atom. The molecule has 0 fully saturated rings. The number of nitrogens with zero attached hydrogens (tertiary/aromatic N) is 4. The fraction of sp³-hybridized carbons (Fsp3) is 0.364. The van der Waals surface area contributed by atoms with E-state index in [0.29, 0.717) is 42.4 Å². The number of para-hydroxylation sites is 1. The summed E-state index contributed by atoms with van der Waals surface area (Å²) in [6, 6.07) is 9.58. The molecule has 1 N–H and O–H groups in total. The lowest BCUT2D eigenvalue weighted by molar-refractivity contribution is -0.121. The Morgan fingerprint density at radius 1 is 1.19 bits per heavy atom. The topological polar surface area (TPSA) is 90.5 Å². The molecule has 1 aromatic carbocycles. The molecule has 3 aromatic heterocycles. The number of hydrogen-bond acceptors (Lipinski definition) is 6. The van der Waals surface area contributed by atoms with Gasteiger partial charge in [-0.05, 0) is 30.9 Å². The van der Waals surface area contributed by atoms with Crippen LogP contribution in [-0.4, -0.2) is 31.7 Å². The van der Waals surface area contributed by atoms with Gasteiger partial charge >= 0.3 is 0 Å². The number of rotatable bonds is 9. The summed E-state index contributed by atoms with van der Waals surface area (Å²) in [5.74, 6) is 1.90. The van der Waals surface area contributed by atoms with Gasteiger partial charge in [0.05, 0.1) is 12.1 Å². The molecule has 0 saturated heterocycles. The van der Waals surface area contributed by atoms with Gasteiger partial charge in [-0.3, -0.25) is 18.6 Å². The molecule has 0 aliphatic heterocycles. The standard InChI is InChI=1S/C22H25N5O3S/c1-3-12-26-21(29)20-16(11-13-31-20)27-18(24-25-22(26)27)9-10-19(28)23-14-15-7-5-6-8-17(15)30-4-2/h5-8,11,13H,3-4,9-10,12,14H2,1-2H3,(H,23,28). The third-order valence-electron chi connectivity index (χ3n) is 5.05. The number of benzene rings is 1. The highest BCUT2D eigenvalue weighted by molar-refractivity contribution is 7.17. The molecule has 0 aliphatic rings. The monoisotopic (exact) mass is 439 g/mol. The minimum absolute atomic E-state index is 0.0380. The zero-order valence-corrected chi connectivity index (χ0v) is 18.4. The van der Waals surface area contributed by atoms with E-state index in [1.165, 1.54) is 11.3 Å². The molecule has 0 bridgehead atoms. The van der Waals surface area contributed by atoms with Gasteiger partial charge in [-0.1, -0.05) is 25.1 Å². The number of aryl methyl sites for hydroxylation is 2. The number of aromatic nitrogens is 4. The summed E-state index contributed by atoms with van der Waals surface area (Å²) in [5.41, 5.74) is 1.70. The quantitative estimate of drug-likeness (QED) is 0.433. The van der Waals surface area contributed by atoms with E-state index in [-0.39, 0.29) is 17.9 Å². The summed E-state index contributed by atoms with van der Waals surface area (Å²) in [4.78, 5) is 25.3. The second-order valence-electron chi connectivity index (χ2n) is 7.16. The van der Waals surface area contributed by atoms with Crippen LogP contribution in [0.2, 0.25) is 0 Å². The summed E-state index contributed by atoms with van der Waals surface area (Å²) in [5, 5.41) is 13.4. The van der Waals surface area contributed by atoms with Gasteiger partial charge in [0, 0.05) is 31.5 Å². The van der Waals surface area contributed by atoms with Crippen molar-refractivity contribution >= 4 is 33.2 Å². The molecule has 3 heterocycles. The number of hydrogen-bond donors (Lipinski definition) is 1. The van der Waals surface area contributed by atoms with Gasteiger partial charge in [0.2, 0.25) is 11.7 Å². The van der Waals surface area contributed by atoms with Crippen LogP contribution >= 0.6 is 11.3 Å². The molecule has 4 rings (SSSR count). The van der Waals surface area contributed by atoms with Crippen molar-refractivity contribution in [1.29, 1.82) is 0 Å². The van der Waals surface area contributed by atoms with Crippen LogP contribution in [0, 0.1) is 0 Å². The van der Waals surface area contributed by atoms with E-state index in [1.807, 2.05) is 54.0 Å². The first kappa shape index (κ1) is 21.0. The van der Waals surface area contributed by atoms with Crippen molar-refractivity contribution in [2.45, 2.75) is 46.2 Å². The van der Waals surface area contributed by atoms with Crippen LogP contribution in [0.25, 0.3) is 16.0 Å². The Balaban J connectivity index is 1.51. The van der Waals surface area contributed by atoms with Gasteiger partial charge in [-0.15, -0.1) is 21.5 Å². The minimum Gasteiger partial charge on any atom is -0.494 e. The van der Waals surface area contributed by atoms with Crippen molar-refractivity contribution < 1.29 is 9.53 Å². The summed E-state index contributed by atoms with van der Waals surface area (Å²) >= 11 is 1.42. The van der Waals surface area contributed by atoms with Crippen molar-refractivity contribution in [2.75, 3.05) is 6.61 Å². The van der Waals surface area contributed by atoms with Crippen LogP contribution in [0.1, 0.15) is 38.1 Å². The zero-order chi connectivity index (χ0) is 21.8. The number of amides is 1. The third-order valence-corrected chi connectivity index (χ3v) is 5.94. The van der Waals surface area contributed by atoms with E-state index < -0.39 is 0 Å². The Morgan fingerprint density at radius 2 is 2.03 bits per heavy atom. The molecule has 1 amide bonds. The fourth-order valence-electron chi connectivity index (χ4n) is 3.62.